The van der Waals surface area contributed by atoms with E-state index in [0.717, 1.165) is 0 Å². The van der Waals surface area contributed by atoms with Crippen LogP contribution in [-0.2, 0) is 0 Å². The molecule has 2 aromatic carbocycles. The fraction of sp³-hybridized carbons (Fsp3) is 0.188. The van der Waals surface area contributed by atoms with E-state index in [4.69, 9.17) is 0 Å². The van der Waals surface area contributed by atoms with Crippen molar-refractivity contribution < 1.29 is 9.72 Å². The zero-order valence-corrected chi connectivity index (χ0v) is 11.6. The van der Waals surface area contributed by atoms with Crippen LogP contribution in [0.3, 0.4) is 0 Å². The Hall–Kier alpha value is -2.89. The molecule has 2 atom stereocenters. The van der Waals surface area contributed by atoms with Gasteiger partial charge in [-0.25, -0.2) is 0 Å². The Balaban J connectivity index is 1.90. The molecule has 6 heteroatoms. The fourth-order valence-electron chi connectivity index (χ4n) is 2.57. The summed E-state index contributed by atoms with van der Waals surface area (Å²) in [6, 6.07) is 14.6. The Morgan fingerprint density at radius 2 is 1.91 bits per heavy atom. The van der Waals surface area contributed by atoms with Crippen LogP contribution in [0, 0.1) is 10.1 Å². The Kier molecular flexibility index (Phi) is 3.74. The third-order valence-corrected chi connectivity index (χ3v) is 3.70. The maximum absolute atomic E-state index is 12.6. The number of benzene rings is 2. The first-order valence-corrected chi connectivity index (χ1v) is 6.87. The molecule has 0 aliphatic carbocycles. The summed E-state index contributed by atoms with van der Waals surface area (Å²) in [5, 5.41) is 18.9. The van der Waals surface area contributed by atoms with Gasteiger partial charge < -0.3 is 0 Å². The molecule has 0 bridgehead atoms. The van der Waals surface area contributed by atoms with Crippen molar-refractivity contribution in [3.8, 4) is 0 Å². The molecule has 1 heterocycles. The minimum atomic E-state index is -0.621. The molecule has 0 amide bonds. The molecular weight excluding hydrogens is 282 g/mol. The van der Waals surface area contributed by atoms with Crippen LogP contribution in [0.15, 0.2) is 64.8 Å². The number of nitro benzene ring substituents is 1. The SMILES string of the molecule is O=C(c1ccccc1)C1N=NCC1c1cccc([N+](=O)[O-])c1. The molecule has 1 aliphatic rings. The van der Waals surface area contributed by atoms with Gasteiger partial charge in [-0.15, -0.1) is 0 Å². The third kappa shape index (κ3) is 2.63. The highest BCUT2D eigenvalue weighted by Gasteiger charge is 2.34. The van der Waals surface area contributed by atoms with Crippen LogP contribution in [0.2, 0.25) is 0 Å². The lowest BCUT2D eigenvalue weighted by Crippen LogP contribution is -2.24. The van der Waals surface area contributed by atoms with Crippen LogP contribution in [-0.4, -0.2) is 23.3 Å². The van der Waals surface area contributed by atoms with Gasteiger partial charge in [0.15, 0.2) is 5.78 Å². The maximum atomic E-state index is 12.6. The number of carbonyl (C=O) groups is 1. The van der Waals surface area contributed by atoms with Gasteiger partial charge in [-0.05, 0) is 5.56 Å². The lowest BCUT2D eigenvalue weighted by Gasteiger charge is -2.15. The van der Waals surface area contributed by atoms with Crippen molar-refractivity contribution >= 4 is 11.5 Å². The van der Waals surface area contributed by atoms with E-state index >= 15 is 0 Å². The molecule has 0 fully saturated rings. The molecule has 110 valence electrons. The molecule has 1 aliphatic heterocycles. The van der Waals surface area contributed by atoms with Crippen LogP contribution in [0.1, 0.15) is 21.8 Å². The summed E-state index contributed by atoms with van der Waals surface area (Å²) in [4.78, 5) is 23.0. The molecule has 0 spiro atoms. The van der Waals surface area contributed by atoms with Gasteiger partial charge in [-0.2, -0.15) is 10.2 Å². The second-order valence-electron chi connectivity index (χ2n) is 5.07. The van der Waals surface area contributed by atoms with Crippen molar-refractivity contribution in [3.63, 3.8) is 0 Å². The van der Waals surface area contributed by atoms with Crippen LogP contribution < -0.4 is 0 Å². The Morgan fingerprint density at radius 1 is 1.14 bits per heavy atom. The number of non-ortho nitro benzene ring substituents is 1. The smallest absolute Gasteiger partial charge is 0.269 e. The standard InChI is InChI=1S/C16H13N3O3/c20-16(11-5-2-1-3-6-11)15-14(10-17-18-15)12-7-4-8-13(9-12)19(21)22/h1-9,14-15H,10H2. The van der Waals surface area contributed by atoms with Crippen molar-refractivity contribution in [3.05, 3.63) is 75.8 Å². The zero-order chi connectivity index (χ0) is 15.5. The highest BCUT2D eigenvalue weighted by Crippen LogP contribution is 2.31. The predicted octanol–water partition coefficient (Wildman–Crippen LogP) is 3.40. The first-order valence-electron chi connectivity index (χ1n) is 6.87. The fourth-order valence-corrected chi connectivity index (χ4v) is 2.57. The molecule has 2 aromatic rings. The Labute approximate surface area is 126 Å². The molecule has 0 N–H and O–H groups in total. The van der Waals surface area contributed by atoms with Gasteiger partial charge in [0.25, 0.3) is 5.69 Å². The quantitative estimate of drug-likeness (QED) is 0.492. The predicted molar refractivity (Wildman–Crippen MR) is 80.1 cm³/mol. The first kappa shape index (κ1) is 14.1. The van der Waals surface area contributed by atoms with E-state index in [1.807, 2.05) is 6.07 Å². The number of nitro groups is 1. The maximum Gasteiger partial charge on any atom is 0.269 e. The number of hydrogen-bond acceptors (Lipinski definition) is 5. The van der Waals surface area contributed by atoms with Crippen molar-refractivity contribution in [1.29, 1.82) is 0 Å². The Morgan fingerprint density at radius 3 is 2.64 bits per heavy atom. The van der Waals surface area contributed by atoms with E-state index < -0.39 is 11.0 Å². The molecule has 2 unspecified atom stereocenters. The summed E-state index contributed by atoms with van der Waals surface area (Å²) >= 11 is 0. The first-order chi connectivity index (χ1) is 10.7. The Bertz CT molecular complexity index is 743. The lowest BCUT2D eigenvalue weighted by atomic mass is 9.88. The van der Waals surface area contributed by atoms with E-state index in [2.05, 4.69) is 10.2 Å². The molecule has 22 heavy (non-hydrogen) atoms. The molecular formula is C16H13N3O3. The van der Waals surface area contributed by atoms with Gasteiger partial charge in [-0.3, -0.25) is 14.9 Å². The molecule has 3 rings (SSSR count). The van der Waals surface area contributed by atoms with E-state index in [1.54, 1.807) is 36.4 Å². The van der Waals surface area contributed by atoms with Gasteiger partial charge in [0.2, 0.25) is 0 Å². The highest BCUT2D eigenvalue weighted by atomic mass is 16.6. The van der Waals surface area contributed by atoms with Crippen molar-refractivity contribution in [1.82, 2.24) is 0 Å². The van der Waals surface area contributed by atoms with E-state index in [-0.39, 0.29) is 17.4 Å². The summed E-state index contributed by atoms with van der Waals surface area (Å²) in [6.07, 6.45) is 0. The number of azo groups is 1. The number of hydrogen-bond donors (Lipinski definition) is 0. The minimum Gasteiger partial charge on any atom is -0.292 e. The zero-order valence-electron chi connectivity index (χ0n) is 11.6. The van der Waals surface area contributed by atoms with Crippen LogP contribution in [0.4, 0.5) is 5.69 Å². The van der Waals surface area contributed by atoms with E-state index in [9.17, 15) is 14.9 Å². The second kappa shape index (κ2) is 5.85. The van der Waals surface area contributed by atoms with Gasteiger partial charge in [0, 0.05) is 23.6 Å². The van der Waals surface area contributed by atoms with Gasteiger partial charge >= 0.3 is 0 Å². The number of ketones is 1. The van der Waals surface area contributed by atoms with Gasteiger partial charge in [0.05, 0.1) is 11.5 Å². The van der Waals surface area contributed by atoms with Crippen LogP contribution >= 0.6 is 0 Å². The average molecular weight is 295 g/mol. The van der Waals surface area contributed by atoms with Crippen LogP contribution in [0.25, 0.3) is 0 Å². The van der Waals surface area contributed by atoms with Gasteiger partial charge in [-0.1, -0.05) is 42.5 Å². The monoisotopic (exact) mass is 295 g/mol. The van der Waals surface area contributed by atoms with Crippen molar-refractivity contribution in [2.24, 2.45) is 10.2 Å². The largest absolute Gasteiger partial charge is 0.292 e. The molecule has 6 nitrogen and oxygen atoms in total. The molecule has 0 radical (unpaired) electrons. The average Bonchev–Trinajstić information content (AvgIpc) is 3.04. The number of carbonyl (C=O) groups excluding carboxylic acids is 1. The number of Topliss-reactive ketones (excluding diaryl/α,β-unsaturated/α-hetero) is 1. The summed E-state index contributed by atoms with van der Waals surface area (Å²) in [7, 11) is 0. The normalized spacial score (nSPS) is 20.0. The summed E-state index contributed by atoms with van der Waals surface area (Å²) in [5.74, 6) is -0.369. The van der Waals surface area contributed by atoms with Crippen molar-refractivity contribution in [2.75, 3.05) is 6.54 Å². The number of nitrogens with zero attached hydrogens (tertiary/aromatic N) is 3. The molecule has 0 saturated heterocycles. The van der Waals surface area contributed by atoms with Gasteiger partial charge in [0.1, 0.15) is 6.04 Å². The third-order valence-electron chi connectivity index (χ3n) is 3.70. The summed E-state index contributed by atoms with van der Waals surface area (Å²) < 4.78 is 0. The van der Waals surface area contributed by atoms with Crippen LogP contribution in [0.5, 0.6) is 0 Å². The van der Waals surface area contributed by atoms with E-state index in [0.29, 0.717) is 17.7 Å². The van der Waals surface area contributed by atoms with E-state index in [1.165, 1.54) is 12.1 Å². The van der Waals surface area contributed by atoms with Crippen molar-refractivity contribution in [2.45, 2.75) is 12.0 Å². The number of rotatable bonds is 4. The molecule has 0 saturated carbocycles. The highest BCUT2D eigenvalue weighted by molar-refractivity contribution is 6.01. The summed E-state index contributed by atoms with van der Waals surface area (Å²) in [5.41, 5.74) is 1.30. The topological polar surface area (TPSA) is 84.9 Å². The second-order valence-corrected chi connectivity index (χ2v) is 5.07. The summed E-state index contributed by atoms with van der Waals surface area (Å²) in [6.45, 7) is 0.365. The lowest BCUT2D eigenvalue weighted by molar-refractivity contribution is -0.384. The minimum absolute atomic E-state index is 0.00955. The molecule has 0 aromatic heterocycles.